The molecule has 0 fully saturated rings. The molecule has 254 valence electrons. The fraction of sp³-hybridized carbons (Fsp3) is 0.323. The van der Waals surface area contributed by atoms with Gasteiger partial charge in [0, 0.05) is 19.6 Å². The molecule has 1 atom stereocenters. The maximum atomic E-state index is 13.0. The van der Waals surface area contributed by atoms with Crippen LogP contribution in [0.25, 0.3) is 11.1 Å². The van der Waals surface area contributed by atoms with E-state index in [9.17, 15) is 31.2 Å². The monoisotopic (exact) mass is 690 g/mol. The lowest BCUT2D eigenvalue weighted by Crippen LogP contribution is -2.49. The predicted octanol–water partition coefficient (Wildman–Crippen LogP) is 2.90. The minimum Gasteiger partial charge on any atom is -0.468 e. The first-order valence-corrected chi connectivity index (χ1v) is 17.3. The summed E-state index contributed by atoms with van der Waals surface area (Å²) in [5.41, 5.74) is 1.23. The summed E-state index contributed by atoms with van der Waals surface area (Å²) in [4.78, 5) is 35.9. The molecule has 0 aliphatic rings. The lowest BCUT2D eigenvalue weighted by atomic mass is 10.1. The SMILES string of the molecule is COC(=O)[C@H](CNC(=O)OC(C)(C)C)NS(=O)(=O)c1ccc(-c2ccc(S(=O)(=O)NCCNC(=O)OCc3ccccc3)cc2)cc1. The number of carbonyl (C=O) groups excluding carboxylic acids is 3. The molecule has 0 aliphatic carbocycles. The average Bonchev–Trinajstić information content (AvgIpc) is 3.03. The number of nitrogens with one attached hydrogen (secondary N) is 4. The van der Waals surface area contributed by atoms with Gasteiger partial charge in [-0.2, -0.15) is 4.72 Å². The van der Waals surface area contributed by atoms with E-state index in [-0.39, 0.29) is 29.5 Å². The third-order valence-electron chi connectivity index (χ3n) is 6.19. The molecule has 0 unspecified atom stereocenters. The Morgan fingerprint density at radius 3 is 1.81 bits per heavy atom. The first-order chi connectivity index (χ1) is 22.1. The highest BCUT2D eigenvalue weighted by Gasteiger charge is 2.28. The smallest absolute Gasteiger partial charge is 0.407 e. The molecule has 4 N–H and O–H groups in total. The number of alkyl carbamates (subject to hydrolysis) is 2. The minimum atomic E-state index is -4.22. The first-order valence-electron chi connectivity index (χ1n) is 14.3. The zero-order valence-corrected chi connectivity index (χ0v) is 27.9. The van der Waals surface area contributed by atoms with Crippen LogP contribution in [0.4, 0.5) is 9.59 Å². The molecular formula is C31H38N4O10S2. The molecule has 2 amide bonds. The van der Waals surface area contributed by atoms with Crippen molar-refractivity contribution in [3.8, 4) is 11.1 Å². The van der Waals surface area contributed by atoms with Crippen LogP contribution in [0.2, 0.25) is 0 Å². The number of amides is 2. The summed E-state index contributed by atoms with van der Waals surface area (Å²) in [6, 6.07) is 19.3. The molecule has 0 spiro atoms. The Morgan fingerprint density at radius 2 is 1.28 bits per heavy atom. The van der Waals surface area contributed by atoms with Gasteiger partial charge in [0.15, 0.2) is 0 Å². The van der Waals surface area contributed by atoms with Gasteiger partial charge < -0.3 is 24.8 Å². The third kappa shape index (κ3) is 12.0. The molecule has 3 rings (SSSR count). The summed E-state index contributed by atoms with van der Waals surface area (Å²) in [6.07, 6.45) is -1.51. The standard InChI is InChI=1S/C31H38N4O10S2/c1-31(2,3)45-30(38)33-20-27(28(36)43-4)35-47(41,42)26-16-12-24(13-17-26)23-10-14-25(15-11-23)46(39,40)34-19-18-32-29(37)44-21-22-8-6-5-7-9-22/h5-17,27,34-35H,18-21H2,1-4H3,(H,32,37)(H,33,38)/t27-/m0/s1. The zero-order chi connectivity index (χ0) is 34.7. The summed E-state index contributed by atoms with van der Waals surface area (Å²) in [5, 5.41) is 4.82. The molecular weight excluding hydrogens is 652 g/mol. The Morgan fingerprint density at radius 1 is 0.723 bits per heavy atom. The van der Waals surface area contributed by atoms with Crippen molar-refractivity contribution in [3.63, 3.8) is 0 Å². The van der Waals surface area contributed by atoms with Crippen molar-refractivity contribution in [3.05, 3.63) is 84.4 Å². The van der Waals surface area contributed by atoms with Crippen LogP contribution in [-0.2, 0) is 45.7 Å². The van der Waals surface area contributed by atoms with Crippen molar-refractivity contribution in [1.29, 1.82) is 0 Å². The zero-order valence-electron chi connectivity index (χ0n) is 26.3. The molecule has 16 heteroatoms. The van der Waals surface area contributed by atoms with Crippen molar-refractivity contribution in [2.24, 2.45) is 0 Å². The van der Waals surface area contributed by atoms with Crippen LogP contribution >= 0.6 is 0 Å². The number of rotatable bonds is 14. The third-order valence-corrected chi connectivity index (χ3v) is 9.16. The quantitative estimate of drug-likeness (QED) is 0.111. The summed E-state index contributed by atoms with van der Waals surface area (Å²) < 4.78 is 70.9. The number of esters is 1. The van der Waals surface area contributed by atoms with Crippen molar-refractivity contribution in [1.82, 2.24) is 20.1 Å². The fourth-order valence-corrected chi connectivity index (χ4v) is 6.15. The second-order valence-electron chi connectivity index (χ2n) is 11.0. The van der Waals surface area contributed by atoms with Gasteiger partial charge in [0.25, 0.3) is 0 Å². The van der Waals surface area contributed by atoms with E-state index in [1.54, 1.807) is 32.9 Å². The van der Waals surface area contributed by atoms with Crippen molar-refractivity contribution in [2.75, 3.05) is 26.7 Å². The molecule has 0 saturated carbocycles. The Balaban J connectivity index is 1.55. The molecule has 47 heavy (non-hydrogen) atoms. The van der Waals surface area contributed by atoms with Gasteiger partial charge in [-0.05, 0) is 61.7 Å². The van der Waals surface area contributed by atoms with E-state index in [1.165, 1.54) is 36.4 Å². The van der Waals surface area contributed by atoms with E-state index < -0.39 is 56.4 Å². The normalized spacial score (nSPS) is 12.4. The molecule has 14 nitrogen and oxygen atoms in total. The van der Waals surface area contributed by atoms with E-state index in [0.29, 0.717) is 11.1 Å². The molecule has 0 aliphatic heterocycles. The summed E-state index contributed by atoms with van der Waals surface area (Å²) in [6.45, 7) is 4.58. The molecule has 0 bridgehead atoms. The maximum absolute atomic E-state index is 13.0. The van der Waals surface area contributed by atoms with Crippen LogP contribution in [0.5, 0.6) is 0 Å². The Labute approximate surface area is 274 Å². The van der Waals surface area contributed by atoms with Crippen LogP contribution in [0.3, 0.4) is 0 Å². The van der Waals surface area contributed by atoms with E-state index in [4.69, 9.17) is 9.47 Å². The number of benzene rings is 3. The highest BCUT2D eigenvalue weighted by molar-refractivity contribution is 7.89. The number of hydrogen-bond acceptors (Lipinski definition) is 10. The van der Waals surface area contributed by atoms with Crippen LogP contribution in [0.1, 0.15) is 26.3 Å². The van der Waals surface area contributed by atoms with Crippen molar-refractivity contribution < 1.29 is 45.4 Å². The minimum absolute atomic E-state index is 0.00912. The first kappa shape index (κ1) is 37.0. The predicted molar refractivity (Wildman–Crippen MR) is 172 cm³/mol. The summed E-state index contributed by atoms with van der Waals surface area (Å²) in [5.74, 6) is -0.914. The maximum Gasteiger partial charge on any atom is 0.407 e. The van der Waals surface area contributed by atoms with E-state index in [1.807, 2.05) is 30.3 Å². The van der Waals surface area contributed by atoms with Gasteiger partial charge in [-0.3, -0.25) is 4.79 Å². The lowest BCUT2D eigenvalue weighted by Gasteiger charge is -2.21. The molecule has 0 radical (unpaired) electrons. The Hall–Kier alpha value is -4.51. The molecule has 3 aromatic carbocycles. The van der Waals surface area contributed by atoms with E-state index in [2.05, 4.69) is 24.8 Å². The molecule has 3 aromatic rings. The second kappa shape index (κ2) is 16.4. The van der Waals surface area contributed by atoms with Crippen LogP contribution in [0.15, 0.2) is 88.7 Å². The average molecular weight is 691 g/mol. The Bertz CT molecular complexity index is 1730. The topological polar surface area (TPSA) is 195 Å². The van der Waals surface area contributed by atoms with E-state index in [0.717, 1.165) is 12.7 Å². The van der Waals surface area contributed by atoms with E-state index >= 15 is 0 Å². The highest BCUT2D eigenvalue weighted by Crippen LogP contribution is 2.23. The van der Waals surface area contributed by atoms with Crippen LogP contribution < -0.4 is 20.1 Å². The second-order valence-corrected chi connectivity index (χ2v) is 14.5. The summed E-state index contributed by atoms with van der Waals surface area (Å²) in [7, 11) is -7.01. The number of methoxy groups -OCH3 is 1. The molecule has 0 heterocycles. The van der Waals surface area contributed by atoms with Crippen LogP contribution in [0, 0.1) is 0 Å². The van der Waals surface area contributed by atoms with Gasteiger partial charge in [0.05, 0.1) is 16.9 Å². The van der Waals surface area contributed by atoms with Crippen LogP contribution in [-0.4, -0.2) is 73.4 Å². The highest BCUT2D eigenvalue weighted by atomic mass is 32.2. The Kier molecular flexibility index (Phi) is 12.9. The van der Waals surface area contributed by atoms with Gasteiger partial charge in [0.2, 0.25) is 20.0 Å². The van der Waals surface area contributed by atoms with Gasteiger partial charge in [-0.25, -0.2) is 31.1 Å². The van der Waals surface area contributed by atoms with Gasteiger partial charge in [0.1, 0.15) is 18.2 Å². The van der Waals surface area contributed by atoms with Crippen molar-refractivity contribution in [2.45, 2.75) is 48.8 Å². The van der Waals surface area contributed by atoms with Gasteiger partial charge in [-0.15, -0.1) is 0 Å². The number of sulfonamides is 2. The lowest BCUT2D eigenvalue weighted by molar-refractivity contribution is -0.142. The number of carbonyl (C=O) groups is 3. The molecule has 0 aromatic heterocycles. The number of hydrogen-bond donors (Lipinski definition) is 4. The molecule has 0 saturated heterocycles. The number of ether oxygens (including phenoxy) is 3. The van der Waals surface area contributed by atoms with Crippen molar-refractivity contribution >= 4 is 38.2 Å². The van der Waals surface area contributed by atoms with Gasteiger partial charge in [-0.1, -0.05) is 54.6 Å². The largest absolute Gasteiger partial charge is 0.468 e. The summed E-state index contributed by atoms with van der Waals surface area (Å²) >= 11 is 0. The van der Waals surface area contributed by atoms with Gasteiger partial charge >= 0.3 is 18.2 Å². The fourth-order valence-electron chi connectivity index (χ4n) is 3.93.